The second-order valence-electron chi connectivity index (χ2n) is 6.48. The second kappa shape index (κ2) is 9.11. The van der Waals surface area contributed by atoms with Gasteiger partial charge in [0.2, 0.25) is 0 Å². The third kappa shape index (κ3) is 6.45. The molecule has 0 radical (unpaired) electrons. The van der Waals surface area contributed by atoms with E-state index in [4.69, 9.17) is 9.47 Å². The molecule has 24 heavy (non-hydrogen) atoms. The van der Waals surface area contributed by atoms with Crippen molar-refractivity contribution in [3.63, 3.8) is 0 Å². The highest BCUT2D eigenvalue weighted by Gasteiger charge is 2.15. The monoisotopic (exact) mass is 328 g/mol. The first-order chi connectivity index (χ1) is 11.2. The van der Waals surface area contributed by atoms with Crippen LogP contribution in [0.4, 0.5) is 0 Å². The van der Waals surface area contributed by atoms with Gasteiger partial charge in [0.05, 0.1) is 0 Å². The summed E-state index contributed by atoms with van der Waals surface area (Å²) >= 11 is 0. The Hall–Kier alpha value is -2.29. The van der Waals surface area contributed by atoms with Crippen LogP contribution in [0.3, 0.4) is 0 Å². The summed E-state index contributed by atoms with van der Waals surface area (Å²) < 4.78 is 11.3. The highest BCUT2D eigenvalue weighted by molar-refractivity contribution is 5.87. The zero-order chi connectivity index (χ0) is 18.3. The number of ether oxygens (including phenoxy) is 2. The van der Waals surface area contributed by atoms with Gasteiger partial charge in [-0.3, -0.25) is 0 Å². The smallest absolute Gasteiger partial charge is 0.333 e. The van der Waals surface area contributed by atoms with Crippen LogP contribution >= 0.6 is 0 Å². The molecule has 1 aromatic rings. The minimum atomic E-state index is -0.400. The fraction of sp³-hybridized carbons (Fsp3) is 0.381. The number of carbonyl (C=O) groups excluding carboxylic acids is 1. The van der Waals surface area contributed by atoms with E-state index in [1.54, 1.807) is 13.8 Å². The van der Waals surface area contributed by atoms with Gasteiger partial charge in [-0.25, -0.2) is 4.79 Å². The lowest BCUT2D eigenvalue weighted by Crippen LogP contribution is -2.23. The first kappa shape index (κ1) is 19.8. The van der Waals surface area contributed by atoms with Gasteiger partial charge in [-0.05, 0) is 51.7 Å². The first-order valence-electron chi connectivity index (χ1n) is 8.09. The summed E-state index contributed by atoms with van der Waals surface area (Å²) in [5.41, 5.74) is 4.68. The largest absolute Gasteiger partial charge is 0.489 e. The number of carbonyl (C=O) groups is 1. The number of rotatable bonds is 9. The van der Waals surface area contributed by atoms with Crippen LogP contribution in [-0.2, 0) is 22.4 Å². The molecule has 0 spiro atoms. The van der Waals surface area contributed by atoms with E-state index in [2.05, 4.69) is 19.7 Å². The van der Waals surface area contributed by atoms with Gasteiger partial charge >= 0.3 is 5.97 Å². The van der Waals surface area contributed by atoms with Gasteiger partial charge in [-0.1, -0.05) is 49.1 Å². The van der Waals surface area contributed by atoms with Gasteiger partial charge in [0.15, 0.2) is 0 Å². The van der Waals surface area contributed by atoms with Crippen LogP contribution in [0.1, 0.15) is 38.8 Å². The van der Waals surface area contributed by atoms with E-state index >= 15 is 0 Å². The molecule has 3 nitrogen and oxygen atoms in total. The van der Waals surface area contributed by atoms with Gasteiger partial charge < -0.3 is 9.47 Å². The average molecular weight is 328 g/mol. The highest BCUT2D eigenvalue weighted by atomic mass is 16.6. The number of allylic oxidation sites excluding steroid dienone is 2. The van der Waals surface area contributed by atoms with E-state index in [9.17, 15) is 4.79 Å². The Kier molecular flexibility index (Phi) is 7.50. The predicted molar refractivity (Wildman–Crippen MR) is 99.3 cm³/mol. The SMILES string of the molecule is C=C(C)Cc1cccc(CC(=C)C)c1OCC(C)OC(=O)C(=C)C. The Morgan fingerprint density at radius 2 is 1.54 bits per heavy atom. The van der Waals surface area contributed by atoms with Crippen molar-refractivity contribution in [2.24, 2.45) is 0 Å². The Balaban J connectivity index is 2.93. The summed E-state index contributed by atoms with van der Waals surface area (Å²) in [5.74, 6) is 0.435. The van der Waals surface area contributed by atoms with Gasteiger partial charge in [0.1, 0.15) is 18.5 Å². The molecule has 0 saturated carbocycles. The van der Waals surface area contributed by atoms with Gasteiger partial charge in [0, 0.05) is 5.57 Å². The van der Waals surface area contributed by atoms with Crippen LogP contribution in [-0.4, -0.2) is 18.7 Å². The van der Waals surface area contributed by atoms with Gasteiger partial charge in [-0.2, -0.15) is 0 Å². The molecule has 0 aliphatic carbocycles. The fourth-order valence-electron chi connectivity index (χ4n) is 2.27. The van der Waals surface area contributed by atoms with Gasteiger partial charge in [0.25, 0.3) is 0 Å². The third-order valence-corrected chi connectivity index (χ3v) is 3.28. The molecule has 1 aromatic carbocycles. The van der Waals surface area contributed by atoms with Crippen molar-refractivity contribution in [3.8, 4) is 5.75 Å². The number of esters is 1. The normalized spacial score (nSPS) is 11.5. The minimum absolute atomic E-state index is 0.287. The van der Waals surface area contributed by atoms with E-state index in [0.717, 1.165) is 40.9 Å². The first-order valence-corrected chi connectivity index (χ1v) is 8.09. The zero-order valence-corrected chi connectivity index (χ0v) is 15.3. The fourth-order valence-corrected chi connectivity index (χ4v) is 2.27. The molecular weight excluding hydrogens is 300 g/mol. The van der Waals surface area contributed by atoms with Gasteiger partial charge in [-0.15, -0.1) is 0 Å². The second-order valence-corrected chi connectivity index (χ2v) is 6.48. The summed E-state index contributed by atoms with van der Waals surface area (Å²) in [6, 6.07) is 6.10. The maximum atomic E-state index is 11.6. The van der Waals surface area contributed by atoms with Crippen molar-refractivity contribution in [3.05, 3.63) is 65.8 Å². The van der Waals surface area contributed by atoms with Crippen LogP contribution in [0, 0.1) is 0 Å². The van der Waals surface area contributed by atoms with Crippen molar-refractivity contribution >= 4 is 5.97 Å². The van der Waals surface area contributed by atoms with Crippen molar-refractivity contribution in [1.82, 2.24) is 0 Å². The summed E-state index contributed by atoms with van der Waals surface area (Å²) in [6.45, 7) is 19.3. The molecule has 0 N–H and O–H groups in total. The minimum Gasteiger partial charge on any atom is -0.489 e. The molecule has 0 aliphatic rings. The Morgan fingerprint density at radius 1 is 1.04 bits per heavy atom. The van der Waals surface area contributed by atoms with Crippen LogP contribution in [0.15, 0.2) is 54.7 Å². The lowest BCUT2D eigenvalue weighted by atomic mass is 9.99. The standard InChI is InChI=1S/C21H28O3/c1-14(2)11-18-9-8-10-19(12-15(3)4)20(18)23-13-17(7)24-21(22)16(5)6/h8-10,17H,1,3,5,11-13H2,2,4,6-7H3. The molecule has 0 saturated heterocycles. The number of hydrogen-bond acceptors (Lipinski definition) is 3. The molecule has 0 fully saturated rings. The zero-order valence-electron chi connectivity index (χ0n) is 15.3. The van der Waals surface area contributed by atoms with E-state index in [0.29, 0.717) is 5.57 Å². The van der Waals surface area contributed by atoms with Crippen molar-refractivity contribution < 1.29 is 14.3 Å². The van der Waals surface area contributed by atoms with Crippen LogP contribution in [0.25, 0.3) is 0 Å². The van der Waals surface area contributed by atoms with Crippen molar-refractivity contribution in [2.75, 3.05) is 6.61 Å². The number of hydrogen-bond donors (Lipinski definition) is 0. The van der Waals surface area contributed by atoms with Crippen molar-refractivity contribution in [1.29, 1.82) is 0 Å². The van der Waals surface area contributed by atoms with Crippen molar-refractivity contribution in [2.45, 2.75) is 46.6 Å². The molecule has 0 aliphatic heterocycles. The Bertz CT molecular complexity index is 606. The number of para-hydroxylation sites is 1. The molecule has 1 unspecified atom stereocenters. The lowest BCUT2D eigenvalue weighted by Gasteiger charge is -2.19. The van der Waals surface area contributed by atoms with E-state index in [1.165, 1.54) is 0 Å². The Labute approximate surface area is 145 Å². The molecule has 0 heterocycles. The topological polar surface area (TPSA) is 35.5 Å². The molecule has 130 valence electrons. The van der Waals surface area contributed by atoms with Crippen LogP contribution < -0.4 is 4.74 Å². The van der Waals surface area contributed by atoms with E-state index in [-0.39, 0.29) is 12.7 Å². The predicted octanol–water partition coefficient (Wildman–Crippen LogP) is 4.81. The Morgan fingerprint density at radius 3 is 1.96 bits per heavy atom. The van der Waals surface area contributed by atoms with Crippen LogP contribution in [0.5, 0.6) is 5.75 Å². The lowest BCUT2D eigenvalue weighted by molar-refractivity contribution is -0.144. The van der Waals surface area contributed by atoms with E-state index in [1.807, 2.05) is 32.0 Å². The van der Waals surface area contributed by atoms with E-state index < -0.39 is 5.97 Å². The highest BCUT2D eigenvalue weighted by Crippen LogP contribution is 2.28. The molecule has 3 heteroatoms. The summed E-state index contributed by atoms with van der Waals surface area (Å²) in [6.07, 6.45) is 1.14. The molecule has 0 bridgehead atoms. The quantitative estimate of drug-likeness (QED) is 0.371. The molecule has 1 atom stereocenters. The average Bonchev–Trinajstić information content (AvgIpc) is 2.45. The summed E-state index contributed by atoms with van der Waals surface area (Å²) in [7, 11) is 0. The molecule has 0 amide bonds. The summed E-state index contributed by atoms with van der Waals surface area (Å²) in [5, 5.41) is 0. The molecular formula is C21H28O3. The van der Waals surface area contributed by atoms with Crippen LogP contribution in [0.2, 0.25) is 0 Å². The summed E-state index contributed by atoms with van der Waals surface area (Å²) in [4.78, 5) is 11.6. The number of benzene rings is 1. The molecule has 0 aromatic heterocycles. The third-order valence-electron chi connectivity index (χ3n) is 3.28. The maximum absolute atomic E-state index is 11.6. The molecule has 1 rings (SSSR count). The maximum Gasteiger partial charge on any atom is 0.333 e.